The van der Waals surface area contributed by atoms with Gasteiger partial charge in [0.15, 0.2) is 0 Å². The summed E-state index contributed by atoms with van der Waals surface area (Å²) in [6.07, 6.45) is 3.71. The quantitative estimate of drug-likeness (QED) is 0.412. The summed E-state index contributed by atoms with van der Waals surface area (Å²) in [5.74, 6) is 0.772. The van der Waals surface area contributed by atoms with Crippen molar-refractivity contribution in [3.8, 4) is 11.4 Å². The van der Waals surface area contributed by atoms with Crippen LogP contribution in [-0.4, -0.2) is 14.7 Å². The number of hydrogen-bond donors (Lipinski definition) is 1. The first-order valence-electron chi connectivity index (χ1n) is 8.78. The summed E-state index contributed by atoms with van der Waals surface area (Å²) in [6.45, 7) is 1.98. The second-order valence-electron chi connectivity index (χ2n) is 6.48. The average molecular weight is 480 g/mol. The molecule has 0 amide bonds. The van der Waals surface area contributed by atoms with Gasteiger partial charge in [0.25, 0.3) is 5.56 Å². The molecular formula is C23H17IN2O2. The number of rotatable bonds is 3. The molecule has 0 saturated heterocycles. The van der Waals surface area contributed by atoms with Gasteiger partial charge in [0.2, 0.25) is 0 Å². The number of nitrogens with zero attached hydrogens (tertiary/aromatic N) is 2. The number of aryl methyl sites for hydroxylation is 1. The van der Waals surface area contributed by atoms with E-state index in [-0.39, 0.29) is 11.3 Å². The third-order valence-corrected chi connectivity index (χ3v) is 5.20. The summed E-state index contributed by atoms with van der Waals surface area (Å²) in [5.41, 5.74) is 3.29. The van der Waals surface area contributed by atoms with Crippen LogP contribution in [0.1, 0.15) is 17.0 Å². The van der Waals surface area contributed by atoms with Crippen LogP contribution < -0.4 is 5.56 Å². The van der Waals surface area contributed by atoms with E-state index in [1.54, 1.807) is 16.7 Å². The molecule has 0 fully saturated rings. The summed E-state index contributed by atoms with van der Waals surface area (Å²) in [7, 11) is 0. The lowest BCUT2D eigenvalue weighted by molar-refractivity contribution is 0.475. The van der Waals surface area contributed by atoms with Crippen molar-refractivity contribution in [3.63, 3.8) is 0 Å². The molecule has 0 spiro atoms. The lowest BCUT2D eigenvalue weighted by Gasteiger charge is -2.13. The van der Waals surface area contributed by atoms with Crippen molar-refractivity contribution >= 4 is 45.6 Å². The first-order chi connectivity index (χ1) is 13.5. The number of benzene rings is 3. The van der Waals surface area contributed by atoms with Crippen LogP contribution >= 0.6 is 22.6 Å². The summed E-state index contributed by atoms with van der Waals surface area (Å²) in [4.78, 5) is 18.1. The Hall–Kier alpha value is -2.93. The first kappa shape index (κ1) is 18.4. The van der Waals surface area contributed by atoms with Crippen molar-refractivity contribution in [2.24, 2.45) is 0 Å². The topological polar surface area (TPSA) is 55.1 Å². The Labute approximate surface area is 175 Å². The highest BCUT2D eigenvalue weighted by Crippen LogP contribution is 2.20. The molecule has 4 aromatic rings. The van der Waals surface area contributed by atoms with Gasteiger partial charge in [-0.05, 0) is 83.1 Å². The van der Waals surface area contributed by atoms with Crippen molar-refractivity contribution < 1.29 is 5.11 Å². The highest BCUT2D eigenvalue weighted by atomic mass is 127. The maximum atomic E-state index is 13.4. The minimum absolute atomic E-state index is 0.0943. The normalized spacial score (nSPS) is 11.4. The fraction of sp³-hybridized carbons (Fsp3) is 0.0435. The van der Waals surface area contributed by atoms with Crippen molar-refractivity contribution in [3.05, 3.63) is 97.6 Å². The van der Waals surface area contributed by atoms with Gasteiger partial charge in [0.1, 0.15) is 11.6 Å². The van der Waals surface area contributed by atoms with Gasteiger partial charge < -0.3 is 5.11 Å². The number of fused-ring (bicyclic) bond motifs is 1. The molecule has 3 aromatic carbocycles. The van der Waals surface area contributed by atoms with Gasteiger partial charge in [-0.25, -0.2) is 4.98 Å². The maximum Gasteiger partial charge on any atom is 0.266 e. The third-order valence-electron chi connectivity index (χ3n) is 4.53. The van der Waals surface area contributed by atoms with E-state index in [9.17, 15) is 9.90 Å². The van der Waals surface area contributed by atoms with Gasteiger partial charge in [-0.2, -0.15) is 0 Å². The van der Waals surface area contributed by atoms with Gasteiger partial charge >= 0.3 is 0 Å². The monoisotopic (exact) mass is 480 g/mol. The number of phenolic OH excluding ortho intramolecular Hbond substituents is 1. The molecule has 0 unspecified atom stereocenters. The molecule has 0 aliphatic carbocycles. The predicted molar refractivity (Wildman–Crippen MR) is 122 cm³/mol. The molecule has 1 heterocycles. The lowest BCUT2D eigenvalue weighted by atomic mass is 10.1. The SMILES string of the molecule is Cc1ccccc1-n1c(/C=C/c2ccc(O)cc2)nc2ccc(I)cc2c1=O. The predicted octanol–water partition coefficient (Wildman–Crippen LogP) is 5.17. The Balaban J connectivity index is 1.97. The van der Waals surface area contributed by atoms with Crippen molar-refractivity contribution in [2.45, 2.75) is 6.92 Å². The molecule has 0 bridgehead atoms. The number of aromatic nitrogens is 2. The van der Waals surface area contributed by atoms with Gasteiger partial charge in [-0.1, -0.05) is 36.4 Å². The highest BCUT2D eigenvalue weighted by Gasteiger charge is 2.13. The Morgan fingerprint density at radius 1 is 1.00 bits per heavy atom. The number of aromatic hydroxyl groups is 1. The molecule has 0 aliphatic heterocycles. The van der Waals surface area contributed by atoms with Crippen LogP contribution in [0.15, 0.2) is 71.5 Å². The molecule has 0 aliphatic rings. The van der Waals surface area contributed by atoms with Crippen LogP contribution in [0.5, 0.6) is 5.75 Å². The fourth-order valence-electron chi connectivity index (χ4n) is 3.09. The summed E-state index contributed by atoms with van der Waals surface area (Å²) >= 11 is 2.20. The lowest BCUT2D eigenvalue weighted by Crippen LogP contribution is -2.23. The zero-order valence-electron chi connectivity index (χ0n) is 15.1. The van der Waals surface area contributed by atoms with Crippen LogP contribution in [0, 0.1) is 10.5 Å². The van der Waals surface area contributed by atoms with E-state index in [1.807, 2.05) is 73.7 Å². The van der Waals surface area contributed by atoms with E-state index in [0.717, 1.165) is 20.4 Å². The van der Waals surface area contributed by atoms with Gasteiger partial charge in [0, 0.05) is 3.57 Å². The van der Waals surface area contributed by atoms with E-state index in [0.29, 0.717) is 16.7 Å². The van der Waals surface area contributed by atoms with E-state index in [2.05, 4.69) is 22.6 Å². The smallest absolute Gasteiger partial charge is 0.266 e. The minimum atomic E-state index is -0.0943. The molecule has 28 heavy (non-hydrogen) atoms. The zero-order chi connectivity index (χ0) is 19.7. The summed E-state index contributed by atoms with van der Waals surface area (Å²) in [5, 5.41) is 10.1. The van der Waals surface area contributed by atoms with E-state index in [1.165, 1.54) is 0 Å². The second-order valence-corrected chi connectivity index (χ2v) is 7.73. The first-order valence-corrected chi connectivity index (χ1v) is 9.86. The van der Waals surface area contributed by atoms with Gasteiger partial charge in [-0.15, -0.1) is 0 Å². The molecule has 0 saturated carbocycles. The van der Waals surface area contributed by atoms with Crippen LogP contribution in [-0.2, 0) is 0 Å². The summed E-state index contributed by atoms with van der Waals surface area (Å²) < 4.78 is 2.65. The van der Waals surface area contributed by atoms with E-state index < -0.39 is 0 Å². The second kappa shape index (κ2) is 7.59. The zero-order valence-corrected chi connectivity index (χ0v) is 17.3. The molecule has 1 N–H and O–H groups in total. The minimum Gasteiger partial charge on any atom is -0.508 e. The molecule has 138 valence electrons. The molecule has 1 aromatic heterocycles. The number of halogens is 1. The number of para-hydroxylation sites is 1. The fourth-order valence-corrected chi connectivity index (χ4v) is 3.58. The third kappa shape index (κ3) is 3.57. The number of phenols is 1. The molecule has 0 radical (unpaired) electrons. The van der Waals surface area contributed by atoms with E-state index >= 15 is 0 Å². The van der Waals surface area contributed by atoms with Crippen molar-refractivity contribution in [2.75, 3.05) is 0 Å². The number of hydrogen-bond acceptors (Lipinski definition) is 3. The Morgan fingerprint density at radius 2 is 1.75 bits per heavy atom. The molecule has 0 atom stereocenters. The largest absolute Gasteiger partial charge is 0.508 e. The molecule has 4 rings (SSSR count). The van der Waals surface area contributed by atoms with Crippen LogP contribution in [0.3, 0.4) is 0 Å². The van der Waals surface area contributed by atoms with Crippen LogP contribution in [0.4, 0.5) is 0 Å². The standard InChI is InChI=1S/C23H17IN2O2/c1-15-4-2-3-5-21(15)26-22(13-8-16-6-10-18(27)11-7-16)25-20-12-9-17(24)14-19(20)23(26)28/h2-14,27H,1H3/b13-8+. The van der Waals surface area contributed by atoms with Crippen molar-refractivity contribution in [1.82, 2.24) is 9.55 Å². The van der Waals surface area contributed by atoms with Crippen LogP contribution in [0.2, 0.25) is 0 Å². The molecular weight excluding hydrogens is 463 g/mol. The Bertz CT molecular complexity index is 1260. The van der Waals surface area contributed by atoms with Crippen LogP contribution in [0.25, 0.3) is 28.7 Å². The average Bonchev–Trinajstić information content (AvgIpc) is 2.69. The maximum absolute atomic E-state index is 13.4. The molecule has 4 nitrogen and oxygen atoms in total. The van der Waals surface area contributed by atoms with Crippen molar-refractivity contribution in [1.29, 1.82) is 0 Å². The Morgan fingerprint density at radius 3 is 2.50 bits per heavy atom. The van der Waals surface area contributed by atoms with Gasteiger partial charge in [-0.3, -0.25) is 9.36 Å². The highest BCUT2D eigenvalue weighted by molar-refractivity contribution is 14.1. The Kier molecular flexibility index (Phi) is 5.00. The van der Waals surface area contributed by atoms with E-state index in [4.69, 9.17) is 4.98 Å². The summed E-state index contributed by atoms with van der Waals surface area (Å²) in [6, 6.07) is 20.3. The van der Waals surface area contributed by atoms with Gasteiger partial charge in [0.05, 0.1) is 16.6 Å². The molecule has 5 heteroatoms.